The number of methoxy groups -OCH3 is 1. The second-order valence-electron chi connectivity index (χ2n) is 6.20. The molecule has 3 aromatic rings. The molecule has 0 aliphatic carbocycles. The zero-order chi connectivity index (χ0) is 18.8. The number of halogens is 1. The molecule has 0 saturated carbocycles. The van der Waals surface area contributed by atoms with Gasteiger partial charge < -0.3 is 14.4 Å². The topological polar surface area (TPSA) is 56.6 Å². The molecule has 1 aliphatic rings. The summed E-state index contributed by atoms with van der Waals surface area (Å²) in [6.45, 7) is 1.40. The average Bonchev–Trinajstić information content (AvgIpc) is 3.08. The van der Waals surface area contributed by atoms with E-state index in [2.05, 4.69) is 5.10 Å². The maximum atomic E-state index is 13.0. The van der Waals surface area contributed by atoms with Gasteiger partial charge in [0.25, 0.3) is 5.91 Å². The standard InChI is InChI=1S/C20H18ClN3O3/c1-26-18-6-5-14-12-23(7-8-27-19(14)10-18)20(25)15-11-22-24(13-15)17-4-2-3-16(21)9-17/h2-6,9-11,13H,7-8,12H2,1H3. The minimum Gasteiger partial charge on any atom is -0.497 e. The highest BCUT2D eigenvalue weighted by atomic mass is 35.5. The number of ether oxygens (including phenoxy) is 2. The molecule has 0 bridgehead atoms. The SMILES string of the molecule is COc1ccc2c(c1)OCCN(C(=O)c1cnn(-c3cccc(Cl)c3)c1)C2. The van der Waals surface area contributed by atoms with Gasteiger partial charge in [-0.2, -0.15) is 5.10 Å². The van der Waals surface area contributed by atoms with E-state index in [0.29, 0.717) is 30.3 Å². The number of aromatic nitrogens is 2. The molecule has 4 rings (SSSR count). The van der Waals surface area contributed by atoms with Crippen molar-refractivity contribution in [2.45, 2.75) is 6.54 Å². The molecule has 6 nitrogen and oxygen atoms in total. The van der Waals surface area contributed by atoms with E-state index < -0.39 is 0 Å². The van der Waals surface area contributed by atoms with Crippen LogP contribution in [0.4, 0.5) is 0 Å². The van der Waals surface area contributed by atoms with E-state index in [1.165, 1.54) is 0 Å². The third kappa shape index (κ3) is 3.61. The molecule has 0 N–H and O–H groups in total. The van der Waals surface area contributed by atoms with E-state index >= 15 is 0 Å². The van der Waals surface area contributed by atoms with Crippen LogP contribution in [0.3, 0.4) is 0 Å². The van der Waals surface area contributed by atoms with E-state index in [4.69, 9.17) is 21.1 Å². The van der Waals surface area contributed by atoms with E-state index in [1.54, 1.807) is 41.2 Å². The van der Waals surface area contributed by atoms with Crippen LogP contribution >= 0.6 is 11.6 Å². The van der Waals surface area contributed by atoms with E-state index in [0.717, 1.165) is 22.7 Å². The van der Waals surface area contributed by atoms with Crippen LogP contribution in [0.25, 0.3) is 5.69 Å². The molecule has 0 unspecified atom stereocenters. The van der Waals surface area contributed by atoms with Gasteiger partial charge in [0.1, 0.15) is 18.1 Å². The van der Waals surface area contributed by atoms with Crippen molar-refractivity contribution in [1.82, 2.24) is 14.7 Å². The first kappa shape index (κ1) is 17.4. The van der Waals surface area contributed by atoms with Crippen molar-refractivity contribution in [2.24, 2.45) is 0 Å². The van der Waals surface area contributed by atoms with Crippen LogP contribution in [0.5, 0.6) is 11.5 Å². The zero-order valence-electron chi connectivity index (χ0n) is 14.8. The molecular weight excluding hydrogens is 366 g/mol. The quantitative estimate of drug-likeness (QED) is 0.693. The molecule has 0 saturated heterocycles. The number of hydrogen-bond donors (Lipinski definition) is 0. The van der Waals surface area contributed by atoms with Crippen LogP contribution in [-0.4, -0.2) is 40.8 Å². The second kappa shape index (κ2) is 7.32. The van der Waals surface area contributed by atoms with Gasteiger partial charge >= 0.3 is 0 Å². The lowest BCUT2D eigenvalue weighted by molar-refractivity contribution is 0.0733. The van der Waals surface area contributed by atoms with Gasteiger partial charge in [-0.3, -0.25) is 4.79 Å². The average molecular weight is 384 g/mol. The number of benzene rings is 2. The highest BCUT2D eigenvalue weighted by molar-refractivity contribution is 6.30. The highest BCUT2D eigenvalue weighted by Crippen LogP contribution is 2.28. The number of nitrogens with zero attached hydrogens (tertiary/aromatic N) is 3. The first-order valence-electron chi connectivity index (χ1n) is 8.53. The van der Waals surface area contributed by atoms with Gasteiger partial charge in [-0.1, -0.05) is 17.7 Å². The van der Waals surface area contributed by atoms with Crippen molar-refractivity contribution >= 4 is 17.5 Å². The molecule has 138 valence electrons. The Balaban J connectivity index is 1.56. The van der Waals surface area contributed by atoms with E-state index in [9.17, 15) is 4.79 Å². The molecule has 0 radical (unpaired) electrons. The summed E-state index contributed by atoms with van der Waals surface area (Å²) in [6, 6.07) is 13.0. The molecule has 1 aromatic heterocycles. The van der Waals surface area contributed by atoms with Gasteiger partial charge in [0.05, 0.1) is 31.1 Å². The molecule has 7 heteroatoms. The van der Waals surface area contributed by atoms with Crippen LogP contribution in [0.15, 0.2) is 54.9 Å². The Labute approximate surface area is 161 Å². The number of hydrogen-bond acceptors (Lipinski definition) is 4. The predicted octanol–water partition coefficient (Wildman–Crippen LogP) is 3.57. The molecule has 1 amide bonds. The monoisotopic (exact) mass is 383 g/mol. The summed E-state index contributed by atoms with van der Waals surface area (Å²) < 4.78 is 12.7. The third-order valence-electron chi connectivity index (χ3n) is 4.44. The molecule has 2 aromatic carbocycles. The van der Waals surface area contributed by atoms with Gasteiger partial charge in [-0.25, -0.2) is 4.68 Å². The van der Waals surface area contributed by atoms with Crippen molar-refractivity contribution in [1.29, 1.82) is 0 Å². The van der Waals surface area contributed by atoms with Crippen LogP contribution < -0.4 is 9.47 Å². The van der Waals surface area contributed by atoms with Gasteiger partial charge in [-0.05, 0) is 30.3 Å². The maximum Gasteiger partial charge on any atom is 0.257 e. The van der Waals surface area contributed by atoms with Gasteiger partial charge in [0.2, 0.25) is 0 Å². The summed E-state index contributed by atoms with van der Waals surface area (Å²) in [5, 5.41) is 4.91. The number of carbonyl (C=O) groups excluding carboxylic acids is 1. The zero-order valence-corrected chi connectivity index (χ0v) is 15.5. The fraction of sp³-hybridized carbons (Fsp3) is 0.200. The van der Waals surface area contributed by atoms with Crippen molar-refractivity contribution in [3.63, 3.8) is 0 Å². The Hall–Kier alpha value is -2.99. The van der Waals surface area contributed by atoms with E-state index in [1.807, 2.05) is 30.3 Å². The van der Waals surface area contributed by atoms with Crippen molar-refractivity contribution in [3.8, 4) is 17.2 Å². The fourth-order valence-corrected chi connectivity index (χ4v) is 3.21. The first-order chi connectivity index (χ1) is 13.1. The van der Waals surface area contributed by atoms with E-state index in [-0.39, 0.29) is 5.91 Å². The Bertz CT molecular complexity index is 986. The lowest BCUT2D eigenvalue weighted by Crippen LogP contribution is -2.32. The summed E-state index contributed by atoms with van der Waals surface area (Å²) in [5.74, 6) is 1.39. The Kier molecular flexibility index (Phi) is 4.73. The molecule has 2 heterocycles. The summed E-state index contributed by atoms with van der Waals surface area (Å²) in [7, 11) is 1.62. The van der Waals surface area contributed by atoms with Gasteiger partial charge in [-0.15, -0.1) is 0 Å². The van der Waals surface area contributed by atoms with Crippen molar-refractivity contribution in [3.05, 3.63) is 71.0 Å². The number of rotatable bonds is 3. The number of fused-ring (bicyclic) bond motifs is 1. The summed E-state index contributed by atoms with van der Waals surface area (Å²) in [6.07, 6.45) is 3.29. The predicted molar refractivity (Wildman–Crippen MR) is 102 cm³/mol. The Morgan fingerprint density at radius 2 is 2.15 bits per heavy atom. The Morgan fingerprint density at radius 1 is 1.26 bits per heavy atom. The van der Waals surface area contributed by atoms with Crippen molar-refractivity contribution < 1.29 is 14.3 Å². The van der Waals surface area contributed by atoms with Crippen LogP contribution in [0, 0.1) is 0 Å². The lowest BCUT2D eigenvalue weighted by Gasteiger charge is -2.19. The summed E-state index contributed by atoms with van der Waals surface area (Å²) in [4.78, 5) is 14.7. The van der Waals surface area contributed by atoms with Gasteiger partial charge in [0, 0.05) is 29.4 Å². The molecule has 0 atom stereocenters. The molecular formula is C20H18ClN3O3. The minimum absolute atomic E-state index is 0.0875. The summed E-state index contributed by atoms with van der Waals surface area (Å²) in [5.41, 5.74) is 2.27. The minimum atomic E-state index is -0.0875. The number of carbonyl (C=O) groups is 1. The maximum absolute atomic E-state index is 13.0. The largest absolute Gasteiger partial charge is 0.497 e. The highest BCUT2D eigenvalue weighted by Gasteiger charge is 2.22. The molecule has 0 fully saturated rings. The normalized spacial score (nSPS) is 13.5. The molecule has 0 spiro atoms. The Morgan fingerprint density at radius 3 is 2.96 bits per heavy atom. The van der Waals surface area contributed by atoms with Crippen LogP contribution in [0.2, 0.25) is 5.02 Å². The molecule has 1 aliphatic heterocycles. The molecule has 27 heavy (non-hydrogen) atoms. The fourth-order valence-electron chi connectivity index (χ4n) is 3.03. The lowest BCUT2D eigenvalue weighted by atomic mass is 10.1. The smallest absolute Gasteiger partial charge is 0.257 e. The van der Waals surface area contributed by atoms with Gasteiger partial charge in [0.15, 0.2) is 0 Å². The number of amides is 1. The third-order valence-corrected chi connectivity index (χ3v) is 4.68. The first-order valence-corrected chi connectivity index (χ1v) is 8.91. The van der Waals surface area contributed by atoms with Crippen molar-refractivity contribution in [2.75, 3.05) is 20.3 Å². The van der Waals surface area contributed by atoms with Crippen LogP contribution in [-0.2, 0) is 6.54 Å². The van der Waals surface area contributed by atoms with Crippen LogP contribution in [0.1, 0.15) is 15.9 Å². The summed E-state index contributed by atoms with van der Waals surface area (Å²) >= 11 is 6.03. The second-order valence-corrected chi connectivity index (χ2v) is 6.64.